The van der Waals surface area contributed by atoms with Gasteiger partial charge in [-0.15, -0.1) is 21.5 Å². The fourth-order valence-electron chi connectivity index (χ4n) is 3.81. The molecule has 5 rings (SSSR count). The third kappa shape index (κ3) is 2.46. The van der Waals surface area contributed by atoms with Crippen molar-refractivity contribution in [1.82, 2.24) is 24.1 Å². The Balaban J connectivity index is 1.95. The van der Waals surface area contributed by atoms with Gasteiger partial charge in [0.1, 0.15) is 10.7 Å². The second-order valence-electron chi connectivity index (χ2n) is 6.89. The first-order valence-electron chi connectivity index (χ1n) is 8.96. The van der Waals surface area contributed by atoms with E-state index in [1.807, 2.05) is 16.5 Å². The molecular formula is C19H18ClN5OS. The highest BCUT2D eigenvalue weighted by Crippen LogP contribution is 2.34. The summed E-state index contributed by atoms with van der Waals surface area (Å²) in [6.45, 7) is 3.89. The van der Waals surface area contributed by atoms with E-state index in [-0.39, 0.29) is 5.56 Å². The van der Waals surface area contributed by atoms with E-state index in [1.165, 1.54) is 10.4 Å². The molecule has 0 saturated carbocycles. The average Bonchev–Trinajstić information content (AvgIpc) is 3.24. The van der Waals surface area contributed by atoms with Gasteiger partial charge in [-0.3, -0.25) is 9.20 Å². The third-order valence-corrected chi connectivity index (χ3v) is 6.62. The molecule has 8 heteroatoms. The van der Waals surface area contributed by atoms with E-state index in [4.69, 9.17) is 11.6 Å². The number of halogens is 1. The summed E-state index contributed by atoms with van der Waals surface area (Å²) in [7, 11) is 2.12. The first-order valence-corrected chi connectivity index (χ1v) is 10.2. The Bertz CT molecular complexity index is 1240. The maximum atomic E-state index is 13.6. The van der Waals surface area contributed by atoms with E-state index < -0.39 is 0 Å². The van der Waals surface area contributed by atoms with E-state index in [0.717, 1.165) is 47.7 Å². The first kappa shape index (κ1) is 16.9. The summed E-state index contributed by atoms with van der Waals surface area (Å²) in [6, 6.07) is 7.28. The number of thiophene rings is 1. The van der Waals surface area contributed by atoms with E-state index in [2.05, 4.69) is 29.1 Å². The van der Waals surface area contributed by atoms with Gasteiger partial charge in [0.05, 0.1) is 11.1 Å². The fraction of sp³-hybridized carbons (Fsp3) is 0.316. The molecule has 1 aliphatic rings. The largest absolute Gasteiger partial charge is 0.301 e. The van der Waals surface area contributed by atoms with Crippen molar-refractivity contribution in [3.8, 4) is 5.69 Å². The van der Waals surface area contributed by atoms with Gasteiger partial charge in [-0.2, -0.15) is 0 Å². The lowest BCUT2D eigenvalue weighted by Gasteiger charge is -2.21. The molecule has 0 aliphatic carbocycles. The van der Waals surface area contributed by atoms with Crippen LogP contribution in [-0.2, 0) is 19.4 Å². The van der Waals surface area contributed by atoms with Crippen molar-refractivity contribution in [2.45, 2.75) is 26.3 Å². The molecule has 0 spiro atoms. The van der Waals surface area contributed by atoms with Gasteiger partial charge in [0.2, 0.25) is 5.78 Å². The van der Waals surface area contributed by atoms with Gasteiger partial charge >= 0.3 is 0 Å². The van der Waals surface area contributed by atoms with E-state index in [9.17, 15) is 4.79 Å². The summed E-state index contributed by atoms with van der Waals surface area (Å²) in [5.74, 6) is 1.42. The predicted molar refractivity (Wildman–Crippen MR) is 108 cm³/mol. The lowest BCUT2D eigenvalue weighted by molar-refractivity contribution is 0.318. The summed E-state index contributed by atoms with van der Waals surface area (Å²) in [5, 5.41) is 10.2. The molecule has 6 nitrogen and oxygen atoms in total. The molecular weight excluding hydrogens is 382 g/mol. The standard InChI is InChI=1S/C19H18ClN5OS/c1-3-15-21-22-19-24(12-6-4-11(20)5-7-12)17(26)16-13-8-9-23(2)10-14(13)27-18(16)25(15)19/h4-7H,3,8-10H2,1-2H3. The Labute approximate surface area is 164 Å². The van der Waals surface area contributed by atoms with Crippen LogP contribution in [0.5, 0.6) is 0 Å². The van der Waals surface area contributed by atoms with Gasteiger partial charge in [0.25, 0.3) is 5.56 Å². The third-order valence-electron chi connectivity index (χ3n) is 5.16. The molecule has 138 valence electrons. The van der Waals surface area contributed by atoms with E-state index in [1.54, 1.807) is 28.0 Å². The van der Waals surface area contributed by atoms with Crippen molar-refractivity contribution < 1.29 is 0 Å². The highest BCUT2D eigenvalue weighted by Gasteiger charge is 2.26. The average molecular weight is 400 g/mol. The Morgan fingerprint density at radius 3 is 2.74 bits per heavy atom. The molecule has 0 atom stereocenters. The maximum Gasteiger partial charge on any atom is 0.268 e. The number of fused-ring (bicyclic) bond motifs is 5. The van der Waals surface area contributed by atoms with E-state index >= 15 is 0 Å². The first-order chi connectivity index (χ1) is 13.1. The monoisotopic (exact) mass is 399 g/mol. The minimum atomic E-state index is -0.0306. The maximum absolute atomic E-state index is 13.6. The van der Waals surface area contributed by atoms with Gasteiger partial charge in [-0.05, 0) is 43.3 Å². The number of benzene rings is 1. The topological polar surface area (TPSA) is 55.4 Å². The van der Waals surface area contributed by atoms with Gasteiger partial charge in [0, 0.05) is 29.4 Å². The van der Waals surface area contributed by atoms with Crippen LogP contribution < -0.4 is 5.56 Å². The smallest absolute Gasteiger partial charge is 0.268 e. The lowest BCUT2D eigenvalue weighted by Crippen LogP contribution is -2.27. The molecule has 0 N–H and O–H groups in total. The van der Waals surface area contributed by atoms with Crippen molar-refractivity contribution in [2.75, 3.05) is 13.6 Å². The van der Waals surface area contributed by atoms with Crippen LogP contribution in [0.15, 0.2) is 29.1 Å². The molecule has 4 aromatic rings. The number of nitrogens with zero attached hydrogens (tertiary/aromatic N) is 5. The van der Waals surface area contributed by atoms with Crippen molar-refractivity contribution in [3.63, 3.8) is 0 Å². The van der Waals surface area contributed by atoms with Crippen LogP contribution in [0.4, 0.5) is 0 Å². The zero-order valence-electron chi connectivity index (χ0n) is 15.1. The fourth-order valence-corrected chi connectivity index (χ4v) is 5.37. The van der Waals surface area contributed by atoms with Crippen LogP contribution in [0.2, 0.25) is 5.02 Å². The highest BCUT2D eigenvalue weighted by molar-refractivity contribution is 7.18. The molecule has 4 heterocycles. The second kappa shape index (κ2) is 6.15. The normalized spacial score (nSPS) is 14.9. The molecule has 1 aromatic carbocycles. The van der Waals surface area contributed by atoms with Gasteiger partial charge in [-0.1, -0.05) is 18.5 Å². The molecule has 27 heavy (non-hydrogen) atoms. The quantitative estimate of drug-likeness (QED) is 0.519. The van der Waals surface area contributed by atoms with E-state index in [0.29, 0.717) is 10.8 Å². The number of aryl methyl sites for hydroxylation is 1. The summed E-state index contributed by atoms with van der Waals surface area (Å²) >= 11 is 7.74. The Kier molecular flexibility index (Phi) is 3.86. The summed E-state index contributed by atoms with van der Waals surface area (Å²) < 4.78 is 3.71. The molecule has 0 saturated heterocycles. The number of hydrogen-bond donors (Lipinski definition) is 0. The molecule has 0 fully saturated rings. The summed E-state index contributed by atoms with van der Waals surface area (Å²) in [4.78, 5) is 18.1. The number of likely N-dealkylation sites (N-methyl/N-ethyl adjacent to an activating group) is 1. The highest BCUT2D eigenvalue weighted by atomic mass is 35.5. The van der Waals surface area contributed by atoms with Crippen LogP contribution in [0.3, 0.4) is 0 Å². The van der Waals surface area contributed by atoms with Gasteiger partial charge in [0.15, 0.2) is 0 Å². The molecule has 0 radical (unpaired) electrons. The van der Waals surface area contributed by atoms with Crippen LogP contribution in [0.25, 0.3) is 21.7 Å². The van der Waals surface area contributed by atoms with Gasteiger partial charge < -0.3 is 4.90 Å². The van der Waals surface area contributed by atoms with Gasteiger partial charge in [-0.25, -0.2) is 4.57 Å². The molecule has 1 aliphatic heterocycles. The molecule has 3 aromatic heterocycles. The zero-order chi connectivity index (χ0) is 18.7. The predicted octanol–water partition coefficient (Wildman–Crippen LogP) is 3.30. The van der Waals surface area contributed by atoms with Crippen LogP contribution in [0, 0.1) is 0 Å². The molecule has 0 unspecified atom stereocenters. The van der Waals surface area contributed by atoms with Crippen LogP contribution in [-0.4, -0.2) is 37.7 Å². The lowest BCUT2D eigenvalue weighted by atomic mass is 10.1. The molecule has 0 amide bonds. The number of aromatic nitrogens is 4. The Morgan fingerprint density at radius 2 is 2.00 bits per heavy atom. The zero-order valence-corrected chi connectivity index (χ0v) is 16.6. The van der Waals surface area contributed by atoms with Crippen LogP contribution in [0.1, 0.15) is 23.2 Å². The van der Waals surface area contributed by atoms with Crippen molar-refractivity contribution in [1.29, 1.82) is 0 Å². The molecule has 0 bridgehead atoms. The number of rotatable bonds is 2. The van der Waals surface area contributed by atoms with Crippen molar-refractivity contribution >= 4 is 38.9 Å². The number of hydrogen-bond acceptors (Lipinski definition) is 5. The summed E-state index contributed by atoms with van der Waals surface area (Å²) in [5.41, 5.74) is 1.90. The second-order valence-corrected chi connectivity index (χ2v) is 8.41. The Hall–Kier alpha value is -2.22. The van der Waals surface area contributed by atoms with Crippen molar-refractivity contribution in [2.24, 2.45) is 0 Å². The van der Waals surface area contributed by atoms with Crippen molar-refractivity contribution in [3.05, 3.63) is 55.9 Å². The SMILES string of the molecule is CCc1nnc2n(-c3ccc(Cl)cc3)c(=O)c3c4c(sc3n12)CN(C)CC4. The van der Waals surface area contributed by atoms with Crippen LogP contribution >= 0.6 is 22.9 Å². The minimum Gasteiger partial charge on any atom is -0.301 e. The Morgan fingerprint density at radius 1 is 1.22 bits per heavy atom. The minimum absolute atomic E-state index is 0.0306. The summed E-state index contributed by atoms with van der Waals surface area (Å²) in [6.07, 6.45) is 1.63.